The number of nitrogens with one attached hydrogen (secondary N) is 3. The number of alkyl halides is 3. The van der Waals surface area contributed by atoms with Crippen molar-refractivity contribution >= 4 is 17.6 Å². The summed E-state index contributed by atoms with van der Waals surface area (Å²) < 4.78 is 54.5. The fourth-order valence-corrected chi connectivity index (χ4v) is 1.61. The zero-order valence-electron chi connectivity index (χ0n) is 13.7. The van der Waals surface area contributed by atoms with Gasteiger partial charge in [-0.05, 0) is 18.1 Å². The molecule has 0 aromatic heterocycles. The van der Waals surface area contributed by atoms with Gasteiger partial charge in [0.15, 0.2) is 6.61 Å². The lowest BCUT2D eigenvalue weighted by molar-refractivity contribution is -0.153. The topological polar surface area (TPSA) is 79.5 Å². The largest absolute Gasteiger partial charge is 0.482 e. The Bertz CT molecular complexity index is 606. The van der Waals surface area contributed by atoms with Gasteiger partial charge in [0.2, 0.25) is 5.91 Å². The third-order valence-corrected chi connectivity index (χ3v) is 2.70. The lowest BCUT2D eigenvalue weighted by atomic mass is 10.2. The van der Waals surface area contributed by atoms with E-state index in [4.69, 9.17) is 0 Å². The van der Waals surface area contributed by atoms with Crippen LogP contribution in [0.2, 0.25) is 0 Å². The van der Waals surface area contributed by atoms with Crippen LogP contribution in [0.3, 0.4) is 0 Å². The van der Waals surface area contributed by atoms with E-state index < -0.39 is 37.1 Å². The molecule has 10 heteroatoms. The second-order valence-electron chi connectivity index (χ2n) is 5.55. The minimum atomic E-state index is -4.56. The van der Waals surface area contributed by atoms with E-state index in [0.717, 1.165) is 18.2 Å². The molecule has 0 bridgehead atoms. The molecular weight excluding hydrogens is 346 g/mol. The average Bonchev–Trinajstić information content (AvgIpc) is 2.49. The molecule has 0 unspecified atom stereocenters. The van der Waals surface area contributed by atoms with Crippen LogP contribution in [-0.2, 0) is 4.79 Å². The normalized spacial score (nSPS) is 11.2. The van der Waals surface area contributed by atoms with Crippen LogP contribution in [0.1, 0.15) is 13.8 Å². The number of carbonyl (C=O) groups excluding carboxylic acids is 2. The van der Waals surface area contributed by atoms with Gasteiger partial charge in [-0.2, -0.15) is 13.2 Å². The number of imide groups is 1. The second-order valence-corrected chi connectivity index (χ2v) is 5.55. The van der Waals surface area contributed by atoms with Crippen molar-refractivity contribution in [3.8, 4) is 5.75 Å². The van der Waals surface area contributed by atoms with Crippen LogP contribution in [-0.4, -0.2) is 37.8 Å². The van der Waals surface area contributed by atoms with E-state index in [1.165, 1.54) is 0 Å². The quantitative estimate of drug-likeness (QED) is 0.649. The number of benzene rings is 1. The number of ether oxygens (including phenoxy) is 1. The molecule has 0 saturated carbocycles. The van der Waals surface area contributed by atoms with Gasteiger partial charge >= 0.3 is 12.2 Å². The minimum Gasteiger partial charge on any atom is -0.482 e. The highest BCUT2D eigenvalue weighted by Gasteiger charge is 2.29. The van der Waals surface area contributed by atoms with Crippen molar-refractivity contribution in [2.24, 2.45) is 5.92 Å². The molecule has 6 nitrogen and oxygen atoms in total. The molecule has 0 aliphatic rings. The monoisotopic (exact) mass is 365 g/mol. The van der Waals surface area contributed by atoms with Gasteiger partial charge < -0.3 is 15.4 Å². The maximum Gasteiger partial charge on any atom is 0.422 e. The molecule has 3 N–H and O–H groups in total. The summed E-state index contributed by atoms with van der Waals surface area (Å²) in [4.78, 5) is 23.1. The second kappa shape index (κ2) is 9.09. The van der Waals surface area contributed by atoms with Crippen molar-refractivity contribution in [3.63, 3.8) is 0 Å². The van der Waals surface area contributed by atoms with E-state index in [0.29, 0.717) is 6.54 Å². The number of rotatable bonds is 7. The third kappa shape index (κ3) is 8.77. The summed E-state index contributed by atoms with van der Waals surface area (Å²) >= 11 is 0. The number of urea groups is 1. The van der Waals surface area contributed by atoms with E-state index in [2.05, 4.69) is 15.4 Å². The van der Waals surface area contributed by atoms with Gasteiger partial charge in [0, 0.05) is 12.6 Å². The van der Waals surface area contributed by atoms with Crippen LogP contribution >= 0.6 is 0 Å². The highest BCUT2D eigenvalue weighted by atomic mass is 19.4. The molecule has 1 aromatic rings. The summed E-state index contributed by atoms with van der Waals surface area (Å²) in [6, 6.07) is 2.12. The SMILES string of the molecule is CC(C)CNC(=O)NC(=O)CNc1cc(F)ccc1OCC(F)(F)F. The molecule has 0 aliphatic heterocycles. The first-order chi connectivity index (χ1) is 11.6. The highest BCUT2D eigenvalue weighted by Crippen LogP contribution is 2.27. The molecule has 3 amide bonds. The Labute approximate surface area is 141 Å². The first-order valence-corrected chi connectivity index (χ1v) is 7.37. The van der Waals surface area contributed by atoms with Crippen molar-refractivity contribution in [2.45, 2.75) is 20.0 Å². The summed E-state index contributed by atoms with van der Waals surface area (Å²) in [5.41, 5.74) is -0.137. The molecule has 140 valence electrons. The van der Waals surface area contributed by atoms with E-state index in [1.807, 2.05) is 19.2 Å². The molecule has 1 aromatic carbocycles. The Balaban J connectivity index is 2.59. The summed E-state index contributed by atoms with van der Waals surface area (Å²) in [6.45, 7) is 2.09. The van der Waals surface area contributed by atoms with E-state index >= 15 is 0 Å². The first kappa shape index (κ1) is 20.5. The molecule has 0 aliphatic carbocycles. The Morgan fingerprint density at radius 2 is 1.92 bits per heavy atom. The van der Waals surface area contributed by atoms with Crippen LogP contribution in [0.4, 0.5) is 28.0 Å². The van der Waals surface area contributed by atoms with Gasteiger partial charge in [-0.1, -0.05) is 13.8 Å². The number of carbonyl (C=O) groups is 2. The number of anilines is 1. The number of hydrogen-bond donors (Lipinski definition) is 3. The van der Waals surface area contributed by atoms with Crippen LogP contribution < -0.4 is 20.7 Å². The fraction of sp³-hybridized carbons (Fsp3) is 0.467. The first-order valence-electron chi connectivity index (χ1n) is 7.37. The summed E-state index contributed by atoms with van der Waals surface area (Å²) in [7, 11) is 0. The van der Waals surface area contributed by atoms with Crippen molar-refractivity contribution in [1.82, 2.24) is 10.6 Å². The zero-order chi connectivity index (χ0) is 19.0. The van der Waals surface area contributed by atoms with Gasteiger partial charge in [-0.15, -0.1) is 0 Å². The van der Waals surface area contributed by atoms with E-state index in [9.17, 15) is 27.2 Å². The summed E-state index contributed by atoms with van der Waals surface area (Å²) in [6.07, 6.45) is -4.56. The maximum absolute atomic E-state index is 13.2. The minimum absolute atomic E-state index is 0.137. The predicted octanol–water partition coefficient (Wildman–Crippen LogP) is 2.66. The Morgan fingerprint density at radius 1 is 1.24 bits per heavy atom. The molecule has 0 radical (unpaired) electrons. The van der Waals surface area contributed by atoms with Gasteiger partial charge in [0.05, 0.1) is 12.2 Å². The maximum atomic E-state index is 13.2. The van der Waals surface area contributed by atoms with Gasteiger partial charge in [0.1, 0.15) is 11.6 Å². The molecule has 0 saturated heterocycles. The number of hydrogen-bond acceptors (Lipinski definition) is 4. The van der Waals surface area contributed by atoms with E-state index in [1.54, 1.807) is 0 Å². The molecule has 0 fully saturated rings. The molecule has 1 rings (SSSR count). The van der Waals surface area contributed by atoms with Crippen LogP contribution in [0.5, 0.6) is 5.75 Å². The Kier molecular flexibility index (Phi) is 7.46. The van der Waals surface area contributed by atoms with Crippen molar-refractivity contribution in [3.05, 3.63) is 24.0 Å². The third-order valence-electron chi connectivity index (χ3n) is 2.70. The van der Waals surface area contributed by atoms with Crippen molar-refractivity contribution in [2.75, 3.05) is 25.0 Å². The van der Waals surface area contributed by atoms with E-state index in [-0.39, 0.29) is 17.4 Å². The standard InChI is InChI=1S/C15H19F4N3O3/c1-9(2)6-21-14(24)22-13(23)7-20-11-5-10(16)3-4-12(11)25-8-15(17,18)19/h3-5,9,20H,6-8H2,1-2H3,(H2,21,22,23,24). The van der Waals surface area contributed by atoms with Gasteiger partial charge in [-0.3, -0.25) is 10.1 Å². The van der Waals surface area contributed by atoms with Crippen LogP contribution in [0.15, 0.2) is 18.2 Å². The summed E-state index contributed by atoms with van der Waals surface area (Å²) in [5, 5.41) is 6.93. The predicted molar refractivity (Wildman–Crippen MR) is 82.8 cm³/mol. The summed E-state index contributed by atoms with van der Waals surface area (Å²) in [5.74, 6) is -1.54. The molecule has 0 heterocycles. The fourth-order valence-electron chi connectivity index (χ4n) is 1.61. The molecule has 0 atom stereocenters. The Morgan fingerprint density at radius 3 is 2.52 bits per heavy atom. The smallest absolute Gasteiger partial charge is 0.422 e. The lowest BCUT2D eigenvalue weighted by Gasteiger charge is -2.14. The molecule has 0 spiro atoms. The van der Waals surface area contributed by atoms with Gasteiger partial charge in [-0.25, -0.2) is 9.18 Å². The number of amides is 3. The van der Waals surface area contributed by atoms with Crippen molar-refractivity contribution in [1.29, 1.82) is 0 Å². The highest BCUT2D eigenvalue weighted by molar-refractivity contribution is 5.96. The average molecular weight is 365 g/mol. The van der Waals surface area contributed by atoms with Crippen LogP contribution in [0, 0.1) is 11.7 Å². The zero-order valence-corrected chi connectivity index (χ0v) is 13.7. The van der Waals surface area contributed by atoms with Gasteiger partial charge in [0.25, 0.3) is 0 Å². The van der Waals surface area contributed by atoms with Crippen molar-refractivity contribution < 1.29 is 31.9 Å². The molecule has 25 heavy (non-hydrogen) atoms. The lowest BCUT2D eigenvalue weighted by Crippen LogP contribution is -2.43. The number of halogens is 4. The molecular formula is C15H19F4N3O3. The Hall–Kier alpha value is -2.52. The van der Waals surface area contributed by atoms with Crippen LogP contribution in [0.25, 0.3) is 0 Å².